The fourth-order valence-electron chi connectivity index (χ4n) is 3.19. The number of halogens is 3. The second-order valence-electron chi connectivity index (χ2n) is 7.03. The van der Waals surface area contributed by atoms with E-state index in [4.69, 9.17) is 16.3 Å². The summed E-state index contributed by atoms with van der Waals surface area (Å²) in [5, 5.41) is 0. The first-order chi connectivity index (χ1) is 11.8. The monoisotopic (exact) mass is 367 g/mol. The summed E-state index contributed by atoms with van der Waals surface area (Å²) in [5.41, 5.74) is 2.12. The molecule has 0 saturated heterocycles. The van der Waals surface area contributed by atoms with Gasteiger partial charge in [0, 0.05) is 17.2 Å². The van der Waals surface area contributed by atoms with Gasteiger partial charge in [-0.1, -0.05) is 33.3 Å². The molecule has 0 fully saturated rings. The number of ether oxygens (including phenoxy) is 1. The van der Waals surface area contributed by atoms with Crippen molar-refractivity contribution in [2.75, 3.05) is 7.11 Å². The van der Waals surface area contributed by atoms with E-state index in [1.165, 1.54) is 19.2 Å². The summed E-state index contributed by atoms with van der Waals surface area (Å²) in [5.74, 6) is -0.572. The topological polar surface area (TPSA) is 22.1 Å². The fraction of sp³-hybridized carbons (Fsp3) is 0.450. The first kappa shape index (κ1) is 19.6. The van der Waals surface area contributed by atoms with Gasteiger partial charge in [0.1, 0.15) is 11.6 Å². The third-order valence-corrected chi connectivity index (χ3v) is 4.63. The molecule has 2 rings (SSSR count). The standard InChI is InChI=1S/C20H24ClF2NO/c1-5-6-20(2,3)10-13-7-14(11-21)17(22)8-15(13)16-9-19(25-4)24-12-18(16)23/h7-9,12H,5-6,10-11H2,1-4H3. The Morgan fingerprint density at radius 1 is 1.08 bits per heavy atom. The number of hydrogen-bond donors (Lipinski definition) is 0. The van der Waals surface area contributed by atoms with Crippen LogP contribution in [0, 0.1) is 17.0 Å². The van der Waals surface area contributed by atoms with Crippen molar-refractivity contribution < 1.29 is 13.5 Å². The molecule has 1 aromatic carbocycles. The Bertz CT molecular complexity index is 747. The Morgan fingerprint density at radius 2 is 1.80 bits per heavy atom. The molecule has 0 aliphatic heterocycles. The van der Waals surface area contributed by atoms with Gasteiger partial charge in [-0.25, -0.2) is 13.8 Å². The SMILES string of the molecule is CCCC(C)(C)Cc1cc(CCl)c(F)cc1-c1cc(OC)ncc1F. The molecule has 0 N–H and O–H groups in total. The molecule has 0 unspecified atom stereocenters. The fourth-order valence-corrected chi connectivity index (χ4v) is 3.39. The third-order valence-electron chi connectivity index (χ3n) is 4.34. The number of pyridine rings is 1. The zero-order valence-electron chi connectivity index (χ0n) is 15.1. The van der Waals surface area contributed by atoms with Gasteiger partial charge in [0.25, 0.3) is 0 Å². The molecule has 0 bridgehead atoms. The lowest BCUT2D eigenvalue weighted by Crippen LogP contribution is -2.16. The summed E-state index contributed by atoms with van der Waals surface area (Å²) in [6.07, 6.45) is 3.86. The first-order valence-electron chi connectivity index (χ1n) is 8.38. The molecule has 136 valence electrons. The van der Waals surface area contributed by atoms with Crippen LogP contribution < -0.4 is 4.74 Å². The number of aromatic nitrogens is 1. The van der Waals surface area contributed by atoms with Gasteiger partial charge in [0.2, 0.25) is 5.88 Å². The van der Waals surface area contributed by atoms with Gasteiger partial charge in [-0.3, -0.25) is 0 Å². The molecule has 2 aromatic rings. The van der Waals surface area contributed by atoms with Gasteiger partial charge in [0.15, 0.2) is 0 Å². The highest BCUT2D eigenvalue weighted by atomic mass is 35.5. The van der Waals surface area contributed by atoms with E-state index in [-0.39, 0.29) is 22.7 Å². The molecule has 1 aromatic heterocycles. The van der Waals surface area contributed by atoms with Crippen LogP contribution in [-0.2, 0) is 12.3 Å². The summed E-state index contributed by atoms with van der Waals surface area (Å²) in [6, 6.07) is 4.62. The van der Waals surface area contributed by atoms with Crippen LogP contribution in [0.1, 0.15) is 44.7 Å². The van der Waals surface area contributed by atoms with Gasteiger partial charge in [0.05, 0.1) is 19.2 Å². The first-order valence-corrected chi connectivity index (χ1v) is 8.92. The number of hydrogen-bond acceptors (Lipinski definition) is 2. The van der Waals surface area contributed by atoms with Crippen LogP contribution in [0.15, 0.2) is 24.4 Å². The third kappa shape index (κ3) is 4.69. The lowest BCUT2D eigenvalue weighted by atomic mass is 9.79. The van der Waals surface area contributed by atoms with Crippen molar-refractivity contribution in [1.82, 2.24) is 4.98 Å². The van der Waals surface area contributed by atoms with E-state index in [1.54, 1.807) is 6.07 Å². The normalized spacial score (nSPS) is 11.6. The van der Waals surface area contributed by atoms with Gasteiger partial charge < -0.3 is 4.74 Å². The summed E-state index contributed by atoms with van der Waals surface area (Å²) < 4.78 is 33.9. The number of methoxy groups -OCH3 is 1. The van der Waals surface area contributed by atoms with Crippen molar-refractivity contribution in [2.24, 2.45) is 5.41 Å². The van der Waals surface area contributed by atoms with Crippen molar-refractivity contribution in [3.8, 4) is 17.0 Å². The molecule has 0 aliphatic rings. The quantitative estimate of drug-likeness (QED) is 0.548. The van der Waals surface area contributed by atoms with E-state index in [9.17, 15) is 8.78 Å². The highest BCUT2D eigenvalue weighted by Gasteiger charge is 2.22. The summed E-state index contributed by atoms with van der Waals surface area (Å²) in [4.78, 5) is 3.86. The minimum absolute atomic E-state index is 0.0124. The molecule has 5 heteroatoms. The predicted octanol–water partition coefficient (Wildman–Crippen LogP) is 6.14. The van der Waals surface area contributed by atoms with Crippen molar-refractivity contribution >= 4 is 11.6 Å². The number of nitrogens with zero attached hydrogens (tertiary/aromatic N) is 1. The average Bonchev–Trinajstić information content (AvgIpc) is 2.56. The van der Waals surface area contributed by atoms with Gasteiger partial charge in [-0.05, 0) is 35.4 Å². The van der Waals surface area contributed by atoms with Crippen LogP contribution in [0.2, 0.25) is 0 Å². The maximum absolute atomic E-state index is 14.4. The van der Waals surface area contributed by atoms with Crippen molar-refractivity contribution in [3.05, 3.63) is 47.2 Å². The van der Waals surface area contributed by atoms with Crippen molar-refractivity contribution in [3.63, 3.8) is 0 Å². The lowest BCUT2D eigenvalue weighted by molar-refractivity contribution is 0.329. The molecule has 0 spiro atoms. The van der Waals surface area contributed by atoms with Crippen LogP contribution >= 0.6 is 11.6 Å². The lowest BCUT2D eigenvalue weighted by Gasteiger charge is -2.26. The van der Waals surface area contributed by atoms with Gasteiger partial charge in [-0.15, -0.1) is 11.6 Å². The maximum Gasteiger partial charge on any atom is 0.213 e. The van der Waals surface area contributed by atoms with Crippen molar-refractivity contribution in [2.45, 2.75) is 45.9 Å². The van der Waals surface area contributed by atoms with Crippen LogP contribution in [0.25, 0.3) is 11.1 Å². The zero-order chi connectivity index (χ0) is 18.6. The molecule has 25 heavy (non-hydrogen) atoms. The zero-order valence-corrected chi connectivity index (χ0v) is 15.9. The van der Waals surface area contributed by atoms with Crippen molar-refractivity contribution in [1.29, 1.82) is 0 Å². The highest BCUT2D eigenvalue weighted by molar-refractivity contribution is 6.17. The molecule has 0 aliphatic carbocycles. The Labute approximate surface area is 153 Å². The average molecular weight is 368 g/mol. The largest absolute Gasteiger partial charge is 0.481 e. The van der Waals surface area contributed by atoms with Crippen LogP contribution in [0.4, 0.5) is 8.78 Å². The number of alkyl halides is 1. The van der Waals surface area contributed by atoms with Crippen LogP contribution in [0.3, 0.4) is 0 Å². The summed E-state index contributed by atoms with van der Waals surface area (Å²) in [7, 11) is 1.46. The number of benzene rings is 1. The van der Waals surface area contributed by atoms with Gasteiger partial charge >= 0.3 is 0 Å². The summed E-state index contributed by atoms with van der Waals surface area (Å²) in [6.45, 7) is 6.45. The molecular weight excluding hydrogens is 344 g/mol. The molecule has 0 atom stereocenters. The molecule has 0 radical (unpaired) electrons. The smallest absolute Gasteiger partial charge is 0.213 e. The molecule has 1 heterocycles. The second-order valence-corrected chi connectivity index (χ2v) is 7.30. The Kier molecular flexibility index (Phi) is 6.39. The van der Waals surface area contributed by atoms with Crippen LogP contribution in [0.5, 0.6) is 5.88 Å². The van der Waals surface area contributed by atoms with Crippen LogP contribution in [-0.4, -0.2) is 12.1 Å². The minimum Gasteiger partial charge on any atom is -0.481 e. The van der Waals surface area contributed by atoms with E-state index < -0.39 is 11.6 Å². The summed E-state index contributed by atoms with van der Waals surface area (Å²) >= 11 is 5.87. The molecular formula is C20H24ClF2NO. The molecule has 0 amide bonds. The van der Waals surface area contributed by atoms with E-state index in [1.807, 2.05) is 0 Å². The van der Waals surface area contributed by atoms with Gasteiger partial charge in [-0.2, -0.15) is 0 Å². The van der Waals surface area contributed by atoms with E-state index in [2.05, 4.69) is 25.8 Å². The van der Waals surface area contributed by atoms with E-state index >= 15 is 0 Å². The second kappa shape index (κ2) is 8.13. The maximum atomic E-state index is 14.4. The Balaban J connectivity index is 2.62. The highest BCUT2D eigenvalue weighted by Crippen LogP contribution is 2.36. The Morgan fingerprint density at radius 3 is 2.40 bits per heavy atom. The van der Waals surface area contributed by atoms with E-state index in [0.29, 0.717) is 17.5 Å². The predicted molar refractivity (Wildman–Crippen MR) is 98.1 cm³/mol. The minimum atomic E-state index is -0.506. The molecule has 2 nitrogen and oxygen atoms in total. The number of rotatable bonds is 7. The Hall–Kier alpha value is -1.68. The molecule has 0 saturated carbocycles. The van der Waals surface area contributed by atoms with E-state index in [0.717, 1.165) is 24.6 Å².